The summed E-state index contributed by atoms with van der Waals surface area (Å²) >= 11 is 0. The van der Waals surface area contributed by atoms with Gasteiger partial charge in [-0.15, -0.1) is 0 Å². The van der Waals surface area contributed by atoms with E-state index in [0.29, 0.717) is 5.92 Å². The Morgan fingerprint density at radius 1 is 1.50 bits per heavy atom. The third kappa shape index (κ3) is 0.964. The van der Waals surface area contributed by atoms with Crippen molar-refractivity contribution in [1.82, 2.24) is 0 Å². The standard InChI is InChI=1S/C10H15NO/c1-7-3-4-10(8(2)5-7)9(6-11)12-10/h7-9H,3-5H2,1-2H3. The van der Waals surface area contributed by atoms with Crippen LogP contribution in [0.3, 0.4) is 0 Å². The van der Waals surface area contributed by atoms with Gasteiger partial charge in [0.05, 0.1) is 6.07 Å². The van der Waals surface area contributed by atoms with Crippen molar-refractivity contribution in [2.75, 3.05) is 0 Å². The summed E-state index contributed by atoms with van der Waals surface area (Å²) in [5.41, 5.74) is -0.0265. The normalized spacial score (nSPS) is 51.9. The molecule has 2 aliphatic rings. The van der Waals surface area contributed by atoms with Gasteiger partial charge in [-0.05, 0) is 31.1 Å². The lowest BCUT2D eigenvalue weighted by atomic mass is 9.74. The van der Waals surface area contributed by atoms with Crippen molar-refractivity contribution in [3.63, 3.8) is 0 Å². The molecule has 1 saturated heterocycles. The highest BCUT2D eigenvalue weighted by Crippen LogP contribution is 2.52. The van der Waals surface area contributed by atoms with Crippen LogP contribution in [0, 0.1) is 23.2 Å². The number of ether oxygens (including phenoxy) is 1. The van der Waals surface area contributed by atoms with Gasteiger partial charge in [0.25, 0.3) is 0 Å². The molecule has 4 atom stereocenters. The molecule has 2 rings (SSSR count). The van der Waals surface area contributed by atoms with E-state index < -0.39 is 0 Å². The number of nitriles is 1. The monoisotopic (exact) mass is 165 g/mol. The molecule has 0 amide bonds. The minimum atomic E-state index is -0.0972. The average Bonchev–Trinajstić information content (AvgIpc) is 2.74. The summed E-state index contributed by atoms with van der Waals surface area (Å²) in [6.07, 6.45) is 3.44. The number of hydrogen-bond donors (Lipinski definition) is 0. The molecule has 0 aromatic carbocycles. The molecule has 66 valence electrons. The lowest BCUT2D eigenvalue weighted by Gasteiger charge is -2.29. The van der Waals surface area contributed by atoms with Crippen LogP contribution in [0.4, 0.5) is 0 Å². The van der Waals surface area contributed by atoms with Gasteiger partial charge in [0.15, 0.2) is 6.10 Å². The summed E-state index contributed by atoms with van der Waals surface area (Å²) in [5, 5.41) is 8.73. The van der Waals surface area contributed by atoms with Gasteiger partial charge in [-0.3, -0.25) is 0 Å². The Morgan fingerprint density at radius 3 is 2.75 bits per heavy atom. The lowest BCUT2D eigenvalue weighted by Crippen LogP contribution is -2.31. The Bertz CT molecular complexity index is 232. The second-order valence-electron chi connectivity index (χ2n) is 4.36. The van der Waals surface area contributed by atoms with E-state index >= 15 is 0 Å². The molecule has 12 heavy (non-hydrogen) atoms. The summed E-state index contributed by atoms with van der Waals surface area (Å²) < 4.78 is 5.49. The third-order valence-corrected chi connectivity index (χ3v) is 3.46. The maximum absolute atomic E-state index is 8.73. The molecule has 0 radical (unpaired) electrons. The lowest BCUT2D eigenvalue weighted by molar-refractivity contribution is 0.141. The van der Waals surface area contributed by atoms with Gasteiger partial charge < -0.3 is 4.74 Å². The zero-order valence-corrected chi connectivity index (χ0v) is 7.71. The topological polar surface area (TPSA) is 36.3 Å². The fourth-order valence-corrected chi connectivity index (χ4v) is 2.52. The van der Waals surface area contributed by atoms with Crippen molar-refractivity contribution < 1.29 is 4.74 Å². The van der Waals surface area contributed by atoms with Gasteiger partial charge in [-0.2, -0.15) is 5.26 Å². The molecular formula is C10H15NO. The highest BCUT2D eigenvalue weighted by molar-refractivity contribution is 5.17. The highest BCUT2D eigenvalue weighted by atomic mass is 16.6. The van der Waals surface area contributed by atoms with Crippen LogP contribution < -0.4 is 0 Å². The van der Waals surface area contributed by atoms with E-state index in [9.17, 15) is 0 Å². The quantitative estimate of drug-likeness (QED) is 0.515. The summed E-state index contributed by atoms with van der Waals surface area (Å²) in [4.78, 5) is 0. The van der Waals surface area contributed by atoms with Crippen LogP contribution >= 0.6 is 0 Å². The van der Waals surface area contributed by atoms with Gasteiger partial charge in [-0.25, -0.2) is 0 Å². The second kappa shape index (κ2) is 2.47. The van der Waals surface area contributed by atoms with Gasteiger partial charge in [0.1, 0.15) is 5.60 Å². The molecule has 2 fully saturated rings. The molecule has 1 saturated carbocycles. The van der Waals surface area contributed by atoms with E-state index in [4.69, 9.17) is 10.00 Å². The van der Waals surface area contributed by atoms with Crippen molar-refractivity contribution in [3.05, 3.63) is 0 Å². The minimum Gasteiger partial charge on any atom is -0.350 e. The van der Waals surface area contributed by atoms with Crippen LogP contribution in [0.5, 0.6) is 0 Å². The molecule has 1 aliphatic heterocycles. The second-order valence-corrected chi connectivity index (χ2v) is 4.36. The van der Waals surface area contributed by atoms with E-state index in [1.807, 2.05) is 0 Å². The molecular weight excluding hydrogens is 150 g/mol. The predicted octanol–water partition coefficient (Wildman–Crippen LogP) is 2.10. The Hall–Kier alpha value is -0.550. The largest absolute Gasteiger partial charge is 0.350 e. The van der Waals surface area contributed by atoms with E-state index in [2.05, 4.69) is 19.9 Å². The van der Waals surface area contributed by atoms with Crippen molar-refractivity contribution >= 4 is 0 Å². The summed E-state index contributed by atoms with van der Waals surface area (Å²) in [6, 6.07) is 2.22. The van der Waals surface area contributed by atoms with Crippen LogP contribution in [0.25, 0.3) is 0 Å². The Labute approximate surface area is 73.5 Å². The van der Waals surface area contributed by atoms with Crippen molar-refractivity contribution in [3.8, 4) is 6.07 Å². The Morgan fingerprint density at radius 2 is 2.25 bits per heavy atom. The van der Waals surface area contributed by atoms with Crippen LogP contribution in [0.15, 0.2) is 0 Å². The molecule has 0 bridgehead atoms. The van der Waals surface area contributed by atoms with Crippen molar-refractivity contribution in [1.29, 1.82) is 5.26 Å². The number of nitrogens with zero attached hydrogens (tertiary/aromatic N) is 1. The predicted molar refractivity (Wildman–Crippen MR) is 45.4 cm³/mol. The fourth-order valence-electron chi connectivity index (χ4n) is 2.52. The first-order chi connectivity index (χ1) is 5.69. The molecule has 2 nitrogen and oxygen atoms in total. The van der Waals surface area contributed by atoms with Gasteiger partial charge in [-0.1, -0.05) is 13.8 Å². The first-order valence-electron chi connectivity index (χ1n) is 4.76. The molecule has 1 spiro atoms. The summed E-state index contributed by atoms with van der Waals surface area (Å²) in [7, 11) is 0. The first kappa shape index (κ1) is 8.07. The minimum absolute atomic E-state index is 0.0265. The number of epoxide rings is 1. The summed E-state index contributed by atoms with van der Waals surface area (Å²) in [6.45, 7) is 4.50. The maximum Gasteiger partial charge on any atom is 0.173 e. The van der Waals surface area contributed by atoms with E-state index in [-0.39, 0.29) is 11.7 Å². The van der Waals surface area contributed by atoms with Gasteiger partial charge >= 0.3 is 0 Å². The highest BCUT2D eigenvalue weighted by Gasteiger charge is 2.61. The average molecular weight is 165 g/mol. The zero-order valence-electron chi connectivity index (χ0n) is 7.71. The number of hydrogen-bond acceptors (Lipinski definition) is 2. The van der Waals surface area contributed by atoms with E-state index in [0.717, 1.165) is 12.3 Å². The Balaban J connectivity index is 2.06. The molecule has 1 aliphatic carbocycles. The van der Waals surface area contributed by atoms with Crippen molar-refractivity contribution in [2.45, 2.75) is 44.8 Å². The molecule has 0 aromatic heterocycles. The smallest absolute Gasteiger partial charge is 0.173 e. The number of rotatable bonds is 0. The first-order valence-corrected chi connectivity index (χ1v) is 4.76. The molecule has 0 N–H and O–H groups in total. The van der Waals surface area contributed by atoms with Crippen molar-refractivity contribution in [2.24, 2.45) is 11.8 Å². The SMILES string of the molecule is CC1CCC2(OC2C#N)C(C)C1. The fraction of sp³-hybridized carbons (Fsp3) is 0.900. The van der Waals surface area contributed by atoms with Crippen LogP contribution in [-0.4, -0.2) is 11.7 Å². The van der Waals surface area contributed by atoms with Gasteiger partial charge in [0.2, 0.25) is 0 Å². The summed E-state index contributed by atoms with van der Waals surface area (Å²) in [5.74, 6) is 1.39. The van der Waals surface area contributed by atoms with E-state index in [1.165, 1.54) is 12.8 Å². The van der Waals surface area contributed by atoms with Crippen LogP contribution in [0.1, 0.15) is 33.1 Å². The van der Waals surface area contributed by atoms with Crippen LogP contribution in [-0.2, 0) is 4.74 Å². The molecule has 2 heteroatoms. The zero-order chi connectivity index (χ0) is 8.77. The van der Waals surface area contributed by atoms with E-state index in [1.54, 1.807) is 0 Å². The molecule has 1 heterocycles. The van der Waals surface area contributed by atoms with Gasteiger partial charge in [0, 0.05) is 0 Å². The maximum atomic E-state index is 8.73. The Kier molecular flexibility index (Phi) is 1.66. The van der Waals surface area contributed by atoms with Crippen LogP contribution in [0.2, 0.25) is 0 Å². The molecule has 0 aromatic rings. The molecule has 4 unspecified atom stereocenters. The third-order valence-electron chi connectivity index (χ3n) is 3.46.